The maximum atomic E-state index is 12.2. The van der Waals surface area contributed by atoms with Crippen molar-refractivity contribution in [3.63, 3.8) is 0 Å². The zero-order valence-corrected chi connectivity index (χ0v) is 16.9. The van der Waals surface area contributed by atoms with Crippen LogP contribution in [0.3, 0.4) is 0 Å². The van der Waals surface area contributed by atoms with Crippen molar-refractivity contribution < 1.29 is 4.79 Å². The Labute approximate surface area is 166 Å². The Morgan fingerprint density at radius 1 is 1.25 bits per heavy atom. The van der Waals surface area contributed by atoms with E-state index in [1.807, 2.05) is 12.1 Å². The van der Waals surface area contributed by atoms with Crippen LogP contribution in [0.5, 0.6) is 0 Å². The van der Waals surface area contributed by atoms with E-state index >= 15 is 0 Å². The summed E-state index contributed by atoms with van der Waals surface area (Å²) >= 11 is 0. The van der Waals surface area contributed by atoms with Gasteiger partial charge in [-0.05, 0) is 75.3 Å². The fraction of sp³-hybridized carbons (Fsp3) is 0.500. The molecule has 0 radical (unpaired) electrons. The quantitative estimate of drug-likeness (QED) is 0.803. The van der Waals surface area contributed by atoms with Crippen molar-refractivity contribution in [3.8, 4) is 0 Å². The first-order valence-corrected chi connectivity index (χ1v) is 10.1. The van der Waals surface area contributed by atoms with E-state index in [9.17, 15) is 9.59 Å². The number of nitrogens with zero attached hydrogens (tertiary/aromatic N) is 2. The zero-order chi connectivity index (χ0) is 20.1. The number of carbonyl (C=O) groups is 1. The fourth-order valence-corrected chi connectivity index (χ4v) is 3.90. The van der Waals surface area contributed by atoms with E-state index in [1.54, 1.807) is 0 Å². The molecule has 6 heteroatoms. The first-order chi connectivity index (χ1) is 13.4. The van der Waals surface area contributed by atoms with Gasteiger partial charge in [-0.25, -0.2) is 5.10 Å². The molecule has 150 valence electrons. The molecular weight excluding hydrogens is 352 g/mol. The van der Waals surface area contributed by atoms with Gasteiger partial charge < -0.3 is 10.2 Å². The van der Waals surface area contributed by atoms with Crippen LogP contribution in [0.1, 0.15) is 49.7 Å². The van der Waals surface area contributed by atoms with Crippen molar-refractivity contribution in [3.05, 3.63) is 58.0 Å². The molecule has 1 saturated heterocycles. The zero-order valence-electron chi connectivity index (χ0n) is 16.9. The van der Waals surface area contributed by atoms with Gasteiger partial charge in [0, 0.05) is 24.3 Å². The fourth-order valence-electron chi connectivity index (χ4n) is 3.90. The minimum atomic E-state index is -0.338. The highest BCUT2D eigenvalue weighted by molar-refractivity contribution is 6.02. The smallest absolute Gasteiger partial charge is 0.276 e. The molecule has 2 N–H and O–H groups in total. The number of nitrogens with one attached hydrogen (secondary N) is 2. The minimum absolute atomic E-state index is 0.186. The number of aryl methyl sites for hydroxylation is 1. The van der Waals surface area contributed by atoms with Crippen molar-refractivity contribution in [1.82, 2.24) is 15.1 Å². The standard InChI is InChI=1S/C22H30N4O2/c1-15(2)26-13-12-18(16(3)14-26)7-4-17-5-8-19(9-6-17)23-22(28)20-10-11-21(27)25-24-20/h5-6,8-11,15-16,18H,4,7,12-14H2,1-3H3,(H,23,28)(H,25,27)/t16-,18+/m0/s1. The van der Waals surface area contributed by atoms with Gasteiger partial charge in [0.1, 0.15) is 5.69 Å². The summed E-state index contributed by atoms with van der Waals surface area (Å²) < 4.78 is 0. The molecule has 1 aliphatic rings. The van der Waals surface area contributed by atoms with Gasteiger partial charge in [0.05, 0.1) is 0 Å². The van der Waals surface area contributed by atoms with Gasteiger partial charge in [0.2, 0.25) is 0 Å². The van der Waals surface area contributed by atoms with Crippen molar-refractivity contribution in [2.75, 3.05) is 18.4 Å². The number of anilines is 1. The number of carbonyl (C=O) groups excluding carboxylic acids is 1. The van der Waals surface area contributed by atoms with Crippen molar-refractivity contribution >= 4 is 11.6 Å². The molecule has 2 aromatic rings. The molecule has 0 bridgehead atoms. The summed E-state index contributed by atoms with van der Waals surface area (Å²) in [6, 6.07) is 11.3. The first kappa shape index (κ1) is 20.3. The maximum Gasteiger partial charge on any atom is 0.276 e. The molecule has 0 spiro atoms. The summed E-state index contributed by atoms with van der Waals surface area (Å²) in [4.78, 5) is 25.8. The van der Waals surface area contributed by atoms with Crippen molar-refractivity contribution in [1.29, 1.82) is 0 Å². The normalized spacial score (nSPS) is 20.3. The summed E-state index contributed by atoms with van der Waals surface area (Å²) in [5, 5.41) is 8.81. The third kappa shape index (κ3) is 5.29. The van der Waals surface area contributed by atoms with Crippen LogP contribution >= 0.6 is 0 Å². The van der Waals surface area contributed by atoms with Crippen LogP contribution in [0.4, 0.5) is 5.69 Å². The lowest BCUT2D eigenvalue weighted by Crippen LogP contribution is -2.43. The molecule has 2 atom stereocenters. The third-order valence-corrected chi connectivity index (χ3v) is 5.77. The Morgan fingerprint density at radius 3 is 2.61 bits per heavy atom. The number of piperidine rings is 1. The van der Waals surface area contributed by atoms with Gasteiger partial charge in [-0.3, -0.25) is 9.59 Å². The molecule has 0 unspecified atom stereocenters. The predicted molar refractivity (Wildman–Crippen MR) is 112 cm³/mol. The average Bonchev–Trinajstić information content (AvgIpc) is 2.68. The molecule has 1 fully saturated rings. The molecule has 6 nitrogen and oxygen atoms in total. The third-order valence-electron chi connectivity index (χ3n) is 5.77. The van der Waals surface area contributed by atoms with Gasteiger partial charge in [0.15, 0.2) is 0 Å². The lowest BCUT2D eigenvalue weighted by Gasteiger charge is -2.39. The monoisotopic (exact) mass is 382 g/mol. The van der Waals surface area contributed by atoms with Crippen molar-refractivity contribution in [2.24, 2.45) is 11.8 Å². The molecule has 1 aliphatic heterocycles. The van der Waals surface area contributed by atoms with Gasteiger partial charge >= 0.3 is 0 Å². The van der Waals surface area contributed by atoms with E-state index in [0.29, 0.717) is 6.04 Å². The van der Waals surface area contributed by atoms with Gasteiger partial charge in [-0.1, -0.05) is 19.1 Å². The average molecular weight is 383 g/mol. The number of H-pyrrole nitrogens is 1. The topological polar surface area (TPSA) is 78.1 Å². The summed E-state index contributed by atoms with van der Waals surface area (Å²) in [5.41, 5.74) is 1.87. The lowest BCUT2D eigenvalue weighted by molar-refractivity contribution is 0.0981. The highest BCUT2D eigenvalue weighted by Crippen LogP contribution is 2.28. The number of benzene rings is 1. The van der Waals surface area contributed by atoms with E-state index in [1.165, 1.54) is 43.6 Å². The highest BCUT2D eigenvalue weighted by atomic mass is 16.2. The lowest BCUT2D eigenvalue weighted by atomic mass is 9.82. The van der Waals surface area contributed by atoms with Crippen LogP contribution in [-0.4, -0.2) is 40.1 Å². The number of aromatic nitrogens is 2. The Balaban J connectivity index is 1.50. The number of amides is 1. The van der Waals surface area contributed by atoms with Gasteiger partial charge in [-0.15, -0.1) is 0 Å². The largest absolute Gasteiger partial charge is 0.321 e. The summed E-state index contributed by atoms with van der Waals surface area (Å²) in [6.07, 6.45) is 3.55. The number of rotatable bonds is 6. The Kier molecular flexibility index (Phi) is 6.62. The second-order valence-electron chi connectivity index (χ2n) is 8.11. The molecule has 0 saturated carbocycles. The number of likely N-dealkylation sites (tertiary alicyclic amines) is 1. The van der Waals surface area contributed by atoms with Crippen LogP contribution in [0, 0.1) is 11.8 Å². The first-order valence-electron chi connectivity index (χ1n) is 10.1. The van der Waals surface area contributed by atoms with E-state index in [4.69, 9.17) is 0 Å². The van der Waals surface area contributed by atoms with Crippen LogP contribution in [0.15, 0.2) is 41.2 Å². The Bertz CT molecular complexity index is 824. The second-order valence-corrected chi connectivity index (χ2v) is 8.11. The van der Waals surface area contributed by atoms with E-state index in [0.717, 1.165) is 23.9 Å². The summed E-state index contributed by atoms with van der Waals surface area (Å²) in [6.45, 7) is 9.34. The number of aromatic amines is 1. The molecule has 1 aromatic carbocycles. The van der Waals surface area contributed by atoms with Crippen LogP contribution < -0.4 is 10.9 Å². The molecule has 28 heavy (non-hydrogen) atoms. The predicted octanol–water partition coefficient (Wildman–Crippen LogP) is 3.32. The van der Waals surface area contributed by atoms with Crippen LogP contribution in [0.2, 0.25) is 0 Å². The molecule has 3 rings (SSSR count). The Morgan fingerprint density at radius 2 is 2.00 bits per heavy atom. The van der Waals surface area contributed by atoms with Crippen molar-refractivity contribution in [2.45, 2.75) is 46.1 Å². The molecule has 2 heterocycles. The maximum absolute atomic E-state index is 12.2. The molecule has 1 amide bonds. The SMILES string of the molecule is CC(C)N1CC[C@@H](CCc2ccc(NC(=O)c3ccc(=O)[nH]n3)cc2)[C@@H](C)C1. The number of hydrogen-bond acceptors (Lipinski definition) is 4. The van der Waals surface area contributed by atoms with Crippen LogP contribution in [0.25, 0.3) is 0 Å². The summed E-state index contributed by atoms with van der Waals surface area (Å²) in [7, 11) is 0. The van der Waals surface area contributed by atoms with Gasteiger partial charge in [0.25, 0.3) is 11.5 Å². The van der Waals surface area contributed by atoms with E-state index in [-0.39, 0.29) is 17.2 Å². The van der Waals surface area contributed by atoms with E-state index in [2.05, 4.69) is 53.3 Å². The van der Waals surface area contributed by atoms with E-state index < -0.39 is 0 Å². The van der Waals surface area contributed by atoms with Gasteiger partial charge in [-0.2, -0.15) is 5.10 Å². The number of hydrogen-bond donors (Lipinski definition) is 2. The summed E-state index contributed by atoms with van der Waals surface area (Å²) in [5.74, 6) is 1.18. The second kappa shape index (κ2) is 9.15. The Hall–Kier alpha value is -2.47. The highest BCUT2D eigenvalue weighted by Gasteiger charge is 2.26. The van der Waals surface area contributed by atoms with Crippen LogP contribution in [-0.2, 0) is 6.42 Å². The molecule has 0 aliphatic carbocycles. The molecule has 1 aromatic heterocycles. The molecular formula is C22H30N4O2. The minimum Gasteiger partial charge on any atom is -0.321 e.